The van der Waals surface area contributed by atoms with Gasteiger partial charge in [-0.3, -0.25) is 14.5 Å². The van der Waals surface area contributed by atoms with E-state index in [1.165, 1.54) is 16.7 Å². The highest BCUT2D eigenvalue weighted by atomic mass is 32.2. The Kier molecular flexibility index (Phi) is 9.08. The highest BCUT2D eigenvalue weighted by molar-refractivity contribution is 7.99. The lowest BCUT2D eigenvalue weighted by molar-refractivity contribution is -0.144. The Morgan fingerprint density at radius 1 is 1.02 bits per heavy atom. The van der Waals surface area contributed by atoms with Gasteiger partial charge in [-0.25, -0.2) is 9.59 Å². The largest absolute Gasteiger partial charge is 0.480 e. The number of hydrogen-bond donors (Lipinski definition) is 2. The van der Waals surface area contributed by atoms with E-state index >= 15 is 0 Å². The first-order valence-electron chi connectivity index (χ1n) is 13.5. The minimum Gasteiger partial charge on any atom is -0.480 e. The summed E-state index contributed by atoms with van der Waals surface area (Å²) in [6.07, 6.45) is 0.318. The maximum Gasteiger partial charge on any atom is 0.411 e. The van der Waals surface area contributed by atoms with E-state index in [1.807, 2.05) is 60.7 Å². The van der Waals surface area contributed by atoms with Gasteiger partial charge >= 0.3 is 12.1 Å². The van der Waals surface area contributed by atoms with Gasteiger partial charge in [0.2, 0.25) is 11.8 Å². The van der Waals surface area contributed by atoms with E-state index in [1.54, 1.807) is 25.7 Å². The van der Waals surface area contributed by atoms with Crippen molar-refractivity contribution in [2.45, 2.75) is 63.1 Å². The fraction of sp³-hybridized carbons (Fsp3) is 0.467. The molecule has 2 aromatic rings. The Labute approximate surface area is 239 Å². The molecule has 2 aliphatic rings. The fourth-order valence-electron chi connectivity index (χ4n) is 5.22. The topological polar surface area (TPSA) is 116 Å². The second kappa shape index (κ2) is 12.3. The highest BCUT2D eigenvalue weighted by Crippen LogP contribution is 2.37. The van der Waals surface area contributed by atoms with Crippen LogP contribution in [-0.4, -0.2) is 81.2 Å². The van der Waals surface area contributed by atoms with Gasteiger partial charge in [-0.1, -0.05) is 60.7 Å². The lowest BCUT2D eigenvalue weighted by Crippen LogP contribution is -2.58. The number of amides is 3. The molecule has 2 aliphatic heterocycles. The number of piperidine rings is 1. The first-order valence-corrected chi connectivity index (χ1v) is 14.6. The predicted molar refractivity (Wildman–Crippen MR) is 153 cm³/mol. The van der Waals surface area contributed by atoms with Crippen molar-refractivity contribution in [3.05, 3.63) is 71.8 Å². The van der Waals surface area contributed by atoms with Gasteiger partial charge in [-0.2, -0.15) is 0 Å². The summed E-state index contributed by atoms with van der Waals surface area (Å²) in [5.41, 5.74) is -0.0545. The van der Waals surface area contributed by atoms with Crippen LogP contribution in [0.3, 0.4) is 0 Å². The summed E-state index contributed by atoms with van der Waals surface area (Å²) >= 11 is 1.51. The Morgan fingerprint density at radius 2 is 1.62 bits per heavy atom. The molecule has 0 spiro atoms. The van der Waals surface area contributed by atoms with Crippen LogP contribution in [0.2, 0.25) is 0 Å². The quantitative estimate of drug-likeness (QED) is 0.525. The van der Waals surface area contributed by atoms with Crippen molar-refractivity contribution in [2.24, 2.45) is 0 Å². The molecule has 3 amide bonds. The van der Waals surface area contributed by atoms with E-state index in [-0.39, 0.29) is 18.2 Å². The molecule has 214 valence electrons. The second-order valence-electron chi connectivity index (χ2n) is 11.3. The number of rotatable bonds is 7. The summed E-state index contributed by atoms with van der Waals surface area (Å²) in [6, 6.07) is 16.8. The van der Waals surface area contributed by atoms with Crippen molar-refractivity contribution in [1.82, 2.24) is 15.1 Å². The smallest absolute Gasteiger partial charge is 0.411 e. The van der Waals surface area contributed by atoms with Crippen LogP contribution in [0, 0.1) is 0 Å². The lowest BCUT2D eigenvalue weighted by Gasteiger charge is -2.42. The summed E-state index contributed by atoms with van der Waals surface area (Å²) in [5.74, 6) is -0.757. The van der Waals surface area contributed by atoms with E-state index in [4.69, 9.17) is 4.74 Å². The van der Waals surface area contributed by atoms with Gasteiger partial charge < -0.3 is 20.1 Å². The number of aliphatic carboxylic acids is 1. The molecule has 9 nitrogen and oxygen atoms in total. The number of nitrogens with one attached hydrogen (secondary N) is 1. The standard InChI is InChI=1S/C30H37N3O6S/c1-29(2,3)39-28(38)33-20-40-19-24(33)25(34)32-16-14-30(15-17-32,22-12-8-5-9-13-22)27(37)31-23(26(35)36)18-21-10-6-4-7-11-21/h4-13,23-24H,14-20H2,1-3H3,(H,31,37)(H,35,36). The maximum atomic E-state index is 13.9. The number of carboxylic acid groups (broad SMARTS) is 1. The third-order valence-electron chi connectivity index (χ3n) is 7.37. The molecule has 0 aliphatic carbocycles. The summed E-state index contributed by atoms with van der Waals surface area (Å²) < 4.78 is 5.51. The van der Waals surface area contributed by atoms with Crippen molar-refractivity contribution < 1.29 is 29.0 Å². The average Bonchev–Trinajstić information content (AvgIpc) is 3.43. The number of carbonyl (C=O) groups excluding carboxylic acids is 3. The van der Waals surface area contributed by atoms with E-state index in [9.17, 15) is 24.3 Å². The highest BCUT2D eigenvalue weighted by Gasteiger charge is 2.47. The summed E-state index contributed by atoms with van der Waals surface area (Å²) in [5, 5.41) is 12.7. The molecule has 40 heavy (non-hydrogen) atoms. The van der Waals surface area contributed by atoms with Gasteiger partial charge in [0.25, 0.3) is 0 Å². The van der Waals surface area contributed by atoms with Crippen molar-refractivity contribution in [3.8, 4) is 0 Å². The zero-order valence-electron chi connectivity index (χ0n) is 23.2. The Balaban J connectivity index is 1.50. The van der Waals surface area contributed by atoms with Crippen LogP contribution in [0.1, 0.15) is 44.7 Å². The number of nitrogens with zero attached hydrogens (tertiary/aromatic N) is 2. The van der Waals surface area contributed by atoms with Crippen LogP contribution in [-0.2, 0) is 31.0 Å². The number of carboxylic acids is 1. The van der Waals surface area contributed by atoms with Crippen LogP contribution in [0.5, 0.6) is 0 Å². The summed E-state index contributed by atoms with van der Waals surface area (Å²) in [6.45, 7) is 5.98. The van der Waals surface area contributed by atoms with Crippen LogP contribution in [0.15, 0.2) is 60.7 Å². The van der Waals surface area contributed by atoms with Crippen LogP contribution in [0.4, 0.5) is 4.79 Å². The predicted octanol–water partition coefficient (Wildman–Crippen LogP) is 3.67. The summed E-state index contributed by atoms with van der Waals surface area (Å²) in [7, 11) is 0. The van der Waals surface area contributed by atoms with Crippen LogP contribution in [0.25, 0.3) is 0 Å². The zero-order valence-corrected chi connectivity index (χ0v) is 24.0. The molecular formula is C30H37N3O6S. The normalized spacial score (nSPS) is 19.5. The first-order chi connectivity index (χ1) is 19.0. The van der Waals surface area contributed by atoms with Crippen LogP contribution >= 0.6 is 11.8 Å². The van der Waals surface area contributed by atoms with Crippen molar-refractivity contribution in [1.29, 1.82) is 0 Å². The molecule has 2 heterocycles. The van der Waals surface area contributed by atoms with Gasteiger partial charge in [-0.05, 0) is 44.7 Å². The fourth-order valence-corrected chi connectivity index (χ4v) is 6.35. The maximum absolute atomic E-state index is 13.9. The minimum atomic E-state index is -1.10. The van der Waals surface area contributed by atoms with Crippen molar-refractivity contribution in [2.75, 3.05) is 24.7 Å². The van der Waals surface area contributed by atoms with Crippen molar-refractivity contribution >= 4 is 35.6 Å². The molecule has 0 radical (unpaired) electrons. The van der Waals surface area contributed by atoms with Crippen molar-refractivity contribution in [3.63, 3.8) is 0 Å². The third-order valence-corrected chi connectivity index (χ3v) is 8.38. The van der Waals surface area contributed by atoms with Gasteiger partial charge in [0, 0.05) is 25.3 Å². The van der Waals surface area contributed by atoms with E-state index < -0.39 is 35.2 Å². The molecule has 0 saturated carbocycles. The number of carbonyl (C=O) groups is 4. The number of benzene rings is 2. The Morgan fingerprint density at radius 3 is 2.20 bits per heavy atom. The Hall–Kier alpha value is -3.53. The number of hydrogen-bond acceptors (Lipinski definition) is 6. The second-order valence-corrected chi connectivity index (χ2v) is 12.3. The lowest BCUT2D eigenvalue weighted by atomic mass is 9.71. The number of ether oxygens (including phenoxy) is 1. The molecule has 0 aromatic heterocycles. The number of thioether (sulfide) groups is 1. The molecule has 2 N–H and O–H groups in total. The number of likely N-dealkylation sites (tertiary alicyclic amines) is 1. The molecule has 2 fully saturated rings. The van der Waals surface area contributed by atoms with E-state index in [2.05, 4.69) is 5.32 Å². The molecule has 0 bridgehead atoms. The van der Waals surface area contributed by atoms with E-state index in [0.29, 0.717) is 37.6 Å². The molecular weight excluding hydrogens is 530 g/mol. The molecule has 4 rings (SSSR count). The third kappa shape index (κ3) is 6.78. The van der Waals surface area contributed by atoms with Gasteiger partial charge in [-0.15, -0.1) is 11.8 Å². The van der Waals surface area contributed by atoms with Gasteiger partial charge in [0.1, 0.15) is 17.7 Å². The zero-order chi connectivity index (χ0) is 28.9. The molecule has 2 saturated heterocycles. The molecule has 2 atom stereocenters. The Bertz CT molecular complexity index is 1210. The van der Waals surface area contributed by atoms with Gasteiger partial charge in [0.05, 0.1) is 11.3 Å². The van der Waals surface area contributed by atoms with E-state index in [0.717, 1.165) is 11.1 Å². The molecule has 2 unspecified atom stereocenters. The van der Waals surface area contributed by atoms with Crippen LogP contribution < -0.4 is 5.32 Å². The SMILES string of the molecule is CC(C)(C)OC(=O)N1CSCC1C(=O)N1CCC(C(=O)NC(Cc2ccccc2)C(=O)O)(c2ccccc2)CC1. The molecule has 10 heteroatoms. The minimum absolute atomic E-state index is 0.162. The van der Waals surface area contributed by atoms with Gasteiger partial charge in [0.15, 0.2) is 0 Å². The molecule has 2 aromatic carbocycles. The summed E-state index contributed by atoms with van der Waals surface area (Å²) in [4.78, 5) is 55.5. The monoisotopic (exact) mass is 567 g/mol. The average molecular weight is 568 g/mol. The first kappa shape index (κ1) is 29.5.